The lowest BCUT2D eigenvalue weighted by molar-refractivity contribution is -0.0384. The fraction of sp³-hybridized carbons (Fsp3) is 0.400. The van der Waals surface area contributed by atoms with Crippen molar-refractivity contribution in [3.8, 4) is 0 Å². The first-order chi connectivity index (χ1) is 17.9. The summed E-state index contributed by atoms with van der Waals surface area (Å²) in [6, 6.07) is 12.7. The summed E-state index contributed by atoms with van der Waals surface area (Å²) >= 11 is 0. The van der Waals surface area contributed by atoms with Gasteiger partial charge in [-0.2, -0.15) is 5.10 Å². The highest BCUT2D eigenvalue weighted by Gasteiger charge is 2.42. The molecule has 0 bridgehead atoms. The maximum atomic E-state index is 14.9. The number of hydrogen-bond donors (Lipinski definition) is 1. The van der Waals surface area contributed by atoms with Gasteiger partial charge in [0.05, 0.1) is 12.6 Å². The van der Waals surface area contributed by atoms with Crippen LogP contribution in [0.25, 0.3) is 0 Å². The molecule has 1 aliphatic heterocycles. The van der Waals surface area contributed by atoms with Crippen LogP contribution in [0, 0.1) is 11.6 Å². The molecule has 0 spiro atoms. The van der Waals surface area contributed by atoms with E-state index in [2.05, 4.69) is 47.5 Å². The topological polar surface area (TPSA) is 101 Å². The van der Waals surface area contributed by atoms with Crippen molar-refractivity contribution in [2.75, 3.05) is 37.6 Å². The van der Waals surface area contributed by atoms with E-state index in [9.17, 15) is 13.9 Å². The van der Waals surface area contributed by atoms with Gasteiger partial charge in [0.2, 0.25) is 0 Å². The Labute approximate surface area is 213 Å². The second kappa shape index (κ2) is 10.7. The second-order valence-corrected chi connectivity index (χ2v) is 9.27. The largest absolute Gasteiger partial charge is 0.381 e. The Morgan fingerprint density at radius 3 is 2.54 bits per heavy atom. The van der Waals surface area contributed by atoms with Crippen molar-refractivity contribution in [3.63, 3.8) is 0 Å². The summed E-state index contributed by atoms with van der Waals surface area (Å²) in [6.07, 6.45) is 3.30. The molecule has 2 aromatic carbocycles. The first-order valence-electron chi connectivity index (χ1n) is 12.2. The fourth-order valence-corrected chi connectivity index (χ4v) is 4.85. The van der Waals surface area contributed by atoms with Gasteiger partial charge in [0, 0.05) is 56.5 Å². The zero-order valence-electron chi connectivity index (χ0n) is 20.5. The van der Waals surface area contributed by atoms with Crippen molar-refractivity contribution in [1.29, 1.82) is 0 Å². The summed E-state index contributed by atoms with van der Waals surface area (Å²) in [5.41, 5.74) is -0.688. The third-order valence-corrected chi connectivity index (χ3v) is 7.03. The van der Waals surface area contributed by atoms with Gasteiger partial charge in [-0.15, -0.1) is 5.10 Å². The summed E-state index contributed by atoms with van der Waals surface area (Å²) in [5.74, 6) is -1.02. The lowest BCUT2D eigenvalue weighted by Crippen LogP contribution is -2.47. The van der Waals surface area contributed by atoms with Crippen molar-refractivity contribution < 1.29 is 13.9 Å². The number of tetrazole rings is 1. The first kappa shape index (κ1) is 24.9. The molecule has 10 nitrogen and oxygen atoms in total. The van der Waals surface area contributed by atoms with Crippen molar-refractivity contribution in [1.82, 2.24) is 39.9 Å². The van der Waals surface area contributed by atoms with E-state index in [1.807, 2.05) is 18.2 Å². The van der Waals surface area contributed by atoms with Gasteiger partial charge in [0.25, 0.3) is 0 Å². The van der Waals surface area contributed by atoms with E-state index in [-0.39, 0.29) is 12.1 Å². The van der Waals surface area contributed by atoms with E-state index in [0.717, 1.165) is 44.9 Å². The number of piperazine rings is 1. The Hall–Kier alpha value is -3.77. The Morgan fingerprint density at radius 1 is 1.05 bits per heavy atom. The van der Waals surface area contributed by atoms with Gasteiger partial charge in [-0.25, -0.2) is 23.1 Å². The fourth-order valence-electron chi connectivity index (χ4n) is 4.85. The molecule has 2 aromatic heterocycles. The molecule has 2 atom stereocenters. The Morgan fingerprint density at radius 2 is 1.84 bits per heavy atom. The number of benzene rings is 2. The van der Waals surface area contributed by atoms with Crippen molar-refractivity contribution in [2.45, 2.75) is 31.5 Å². The molecule has 1 fully saturated rings. The van der Waals surface area contributed by atoms with Crippen LogP contribution >= 0.6 is 0 Å². The summed E-state index contributed by atoms with van der Waals surface area (Å²) < 4.78 is 31.5. The van der Waals surface area contributed by atoms with Crippen molar-refractivity contribution in [3.05, 3.63) is 84.2 Å². The molecule has 0 amide bonds. The van der Waals surface area contributed by atoms with Crippen molar-refractivity contribution >= 4 is 5.69 Å². The molecule has 0 saturated carbocycles. The number of para-hydroxylation sites is 1. The Kier molecular flexibility index (Phi) is 7.19. The Balaban J connectivity index is 1.31. The van der Waals surface area contributed by atoms with E-state index in [1.165, 1.54) is 33.8 Å². The maximum absolute atomic E-state index is 14.9. The number of rotatable bonds is 9. The molecular weight excluding hydrogens is 480 g/mol. The van der Waals surface area contributed by atoms with Gasteiger partial charge in [-0.3, -0.25) is 4.90 Å². The molecule has 12 heteroatoms. The number of hydrogen-bond acceptors (Lipinski definition) is 8. The molecule has 1 N–H and O–H groups in total. The molecule has 4 aromatic rings. The second-order valence-electron chi connectivity index (χ2n) is 9.27. The zero-order valence-corrected chi connectivity index (χ0v) is 20.5. The molecule has 2 unspecified atom stereocenters. The number of aromatic nitrogens is 7. The normalized spacial score (nSPS) is 17.0. The van der Waals surface area contributed by atoms with Crippen LogP contribution in [-0.2, 0) is 18.6 Å². The van der Waals surface area contributed by atoms with Crippen molar-refractivity contribution in [2.24, 2.45) is 0 Å². The standard InChI is InChI=1S/C25H29F2N9O/c1-19(25(37,16-35-18-28-17-29-35)22-8-7-20(26)15-23(22)27)36-24(30-31-32-36)9-10-33-11-13-34(14-12-33)21-5-3-2-4-6-21/h2-8,15,17-19,37H,9-14,16H2,1H3. The number of nitrogens with zero attached hydrogens (tertiary/aromatic N) is 9. The molecule has 194 valence electrons. The van der Waals surface area contributed by atoms with Gasteiger partial charge in [-0.05, 0) is 35.5 Å². The van der Waals surface area contributed by atoms with Crippen LogP contribution in [0.2, 0.25) is 0 Å². The maximum Gasteiger partial charge on any atom is 0.153 e. The molecule has 3 heterocycles. The van der Waals surface area contributed by atoms with Crippen LogP contribution in [0.5, 0.6) is 0 Å². The summed E-state index contributed by atoms with van der Waals surface area (Å²) in [4.78, 5) is 8.63. The quantitative estimate of drug-likeness (QED) is 0.366. The molecule has 1 saturated heterocycles. The van der Waals surface area contributed by atoms with Crippen LogP contribution in [0.4, 0.5) is 14.5 Å². The molecule has 1 aliphatic rings. The molecule has 5 rings (SSSR count). The van der Waals surface area contributed by atoms with Crippen LogP contribution in [0.1, 0.15) is 24.4 Å². The summed E-state index contributed by atoms with van der Waals surface area (Å²) in [6.45, 7) is 5.98. The first-order valence-corrected chi connectivity index (χ1v) is 12.2. The minimum absolute atomic E-state index is 0.0737. The highest BCUT2D eigenvalue weighted by atomic mass is 19.1. The van der Waals surface area contributed by atoms with Gasteiger partial charge < -0.3 is 10.0 Å². The minimum Gasteiger partial charge on any atom is -0.381 e. The third kappa shape index (κ3) is 5.35. The van der Waals surface area contributed by atoms with E-state index in [0.29, 0.717) is 12.2 Å². The van der Waals surface area contributed by atoms with Gasteiger partial charge in [-0.1, -0.05) is 24.3 Å². The lowest BCUT2D eigenvalue weighted by Gasteiger charge is -2.36. The van der Waals surface area contributed by atoms with Crippen LogP contribution < -0.4 is 4.90 Å². The minimum atomic E-state index is -1.84. The van der Waals surface area contributed by atoms with Gasteiger partial charge in [0.15, 0.2) is 5.82 Å². The van der Waals surface area contributed by atoms with E-state index < -0.39 is 23.3 Å². The monoisotopic (exact) mass is 509 g/mol. The third-order valence-electron chi connectivity index (χ3n) is 7.03. The number of aliphatic hydroxyl groups is 1. The van der Waals surface area contributed by atoms with Crippen LogP contribution in [-0.4, -0.2) is 77.7 Å². The smallest absolute Gasteiger partial charge is 0.153 e. The lowest BCUT2D eigenvalue weighted by atomic mass is 9.86. The van der Waals surface area contributed by atoms with E-state index in [1.54, 1.807) is 6.92 Å². The zero-order chi connectivity index (χ0) is 25.8. The van der Waals surface area contributed by atoms with Gasteiger partial charge >= 0.3 is 0 Å². The summed E-state index contributed by atoms with van der Waals surface area (Å²) in [7, 11) is 0. The van der Waals surface area contributed by atoms with E-state index >= 15 is 0 Å². The predicted octanol–water partition coefficient (Wildman–Crippen LogP) is 2.06. The van der Waals surface area contributed by atoms with Crippen LogP contribution in [0.3, 0.4) is 0 Å². The summed E-state index contributed by atoms with van der Waals surface area (Å²) in [5, 5.41) is 28.1. The van der Waals surface area contributed by atoms with Crippen LogP contribution in [0.15, 0.2) is 61.2 Å². The highest BCUT2D eigenvalue weighted by molar-refractivity contribution is 5.46. The highest BCUT2D eigenvalue weighted by Crippen LogP contribution is 2.36. The molecular formula is C25H29F2N9O. The molecule has 37 heavy (non-hydrogen) atoms. The molecule has 0 aliphatic carbocycles. The number of halogens is 2. The number of anilines is 1. The Bertz CT molecular complexity index is 1290. The SMILES string of the molecule is CC(n1nnnc1CCN1CCN(c2ccccc2)CC1)C(O)(Cn1cncn1)c1ccc(F)cc1F. The predicted molar refractivity (Wildman–Crippen MR) is 132 cm³/mol. The van der Waals surface area contributed by atoms with E-state index in [4.69, 9.17) is 0 Å². The average molecular weight is 510 g/mol. The average Bonchev–Trinajstić information content (AvgIpc) is 3.60. The molecule has 0 radical (unpaired) electrons. The van der Waals surface area contributed by atoms with Gasteiger partial charge in [0.1, 0.15) is 29.9 Å².